The van der Waals surface area contributed by atoms with Crippen LogP contribution in [0.15, 0.2) is 48.5 Å². The highest BCUT2D eigenvalue weighted by atomic mass is 16.5. The molecular weight excluding hydrogens is 248 g/mol. The Balaban J connectivity index is 2.04. The fourth-order valence-corrected chi connectivity index (χ4v) is 1.88. The molecule has 0 spiro atoms. The van der Waals surface area contributed by atoms with Crippen molar-refractivity contribution in [2.75, 3.05) is 17.7 Å². The Morgan fingerprint density at radius 2 is 1.75 bits per heavy atom. The van der Waals surface area contributed by atoms with Gasteiger partial charge in [-0.25, -0.2) is 0 Å². The van der Waals surface area contributed by atoms with Crippen LogP contribution in [-0.2, 0) is 6.54 Å². The topological polar surface area (TPSA) is 47.3 Å². The van der Waals surface area contributed by atoms with E-state index in [-0.39, 0.29) is 0 Å². The molecule has 20 heavy (non-hydrogen) atoms. The Labute approximate surface area is 120 Å². The summed E-state index contributed by atoms with van der Waals surface area (Å²) in [6.07, 6.45) is 0. The third kappa shape index (κ3) is 3.92. The Hall–Kier alpha value is -2.16. The van der Waals surface area contributed by atoms with Crippen molar-refractivity contribution in [1.29, 1.82) is 0 Å². The van der Waals surface area contributed by atoms with Gasteiger partial charge >= 0.3 is 0 Å². The molecule has 0 aliphatic carbocycles. The lowest BCUT2D eigenvalue weighted by atomic mass is 10.2. The molecule has 2 aromatic rings. The van der Waals surface area contributed by atoms with Crippen LogP contribution in [0.4, 0.5) is 11.4 Å². The van der Waals surface area contributed by atoms with Crippen LogP contribution in [0.3, 0.4) is 0 Å². The van der Waals surface area contributed by atoms with Crippen molar-refractivity contribution in [2.45, 2.75) is 20.4 Å². The van der Waals surface area contributed by atoms with Gasteiger partial charge in [0.25, 0.3) is 0 Å². The first kappa shape index (κ1) is 14.3. The van der Waals surface area contributed by atoms with Crippen LogP contribution in [0, 0.1) is 5.92 Å². The molecule has 0 radical (unpaired) electrons. The summed E-state index contributed by atoms with van der Waals surface area (Å²) in [4.78, 5) is 0. The summed E-state index contributed by atoms with van der Waals surface area (Å²) in [6.45, 7) is 5.68. The van der Waals surface area contributed by atoms with Crippen molar-refractivity contribution >= 4 is 11.4 Å². The minimum absolute atomic E-state index is 0.507. The van der Waals surface area contributed by atoms with Crippen LogP contribution >= 0.6 is 0 Å². The number of nitrogen functional groups attached to an aromatic ring is 1. The van der Waals surface area contributed by atoms with Crippen LogP contribution in [0.2, 0.25) is 0 Å². The highest BCUT2D eigenvalue weighted by Crippen LogP contribution is 2.25. The van der Waals surface area contributed by atoms with E-state index in [0.29, 0.717) is 19.1 Å². The molecule has 0 saturated carbocycles. The molecule has 2 rings (SSSR count). The Bertz CT molecular complexity index is 552. The second kappa shape index (κ2) is 6.85. The average molecular weight is 270 g/mol. The molecule has 3 nitrogen and oxygen atoms in total. The summed E-state index contributed by atoms with van der Waals surface area (Å²) >= 11 is 0. The molecule has 0 aliphatic rings. The van der Waals surface area contributed by atoms with Crippen molar-refractivity contribution in [3.05, 3.63) is 54.1 Å². The molecule has 0 aliphatic heterocycles. The van der Waals surface area contributed by atoms with E-state index >= 15 is 0 Å². The number of nitrogens with two attached hydrogens (primary N) is 1. The third-order valence-corrected chi connectivity index (χ3v) is 2.98. The van der Waals surface area contributed by atoms with Crippen molar-refractivity contribution < 1.29 is 4.74 Å². The van der Waals surface area contributed by atoms with Gasteiger partial charge in [-0.3, -0.25) is 0 Å². The predicted molar refractivity (Wildman–Crippen MR) is 85.0 cm³/mol. The first-order chi connectivity index (χ1) is 9.66. The van der Waals surface area contributed by atoms with Crippen molar-refractivity contribution in [2.24, 2.45) is 5.92 Å². The van der Waals surface area contributed by atoms with Gasteiger partial charge in [0.2, 0.25) is 0 Å². The van der Waals surface area contributed by atoms with E-state index in [9.17, 15) is 0 Å². The minimum Gasteiger partial charge on any atom is -0.491 e. The van der Waals surface area contributed by atoms with E-state index in [2.05, 4.69) is 19.2 Å². The lowest BCUT2D eigenvalue weighted by Gasteiger charge is -2.15. The summed E-state index contributed by atoms with van der Waals surface area (Å²) < 4.78 is 5.82. The maximum Gasteiger partial charge on any atom is 0.142 e. The Morgan fingerprint density at radius 1 is 1.05 bits per heavy atom. The third-order valence-electron chi connectivity index (χ3n) is 2.98. The Kier molecular flexibility index (Phi) is 4.88. The van der Waals surface area contributed by atoms with E-state index in [1.54, 1.807) is 0 Å². The minimum atomic E-state index is 0.507. The predicted octanol–water partition coefficient (Wildman–Crippen LogP) is 3.92. The van der Waals surface area contributed by atoms with Gasteiger partial charge in [-0.05, 0) is 29.7 Å². The van der Waals surface area contributed by atoms with Crippen molar-refractivity contribution in [1.82, 2.24) is 0 Å². The molecule has 0 bridgehead atoms. The molecule has 0 saturated heterocycles. The smallest absolute Gasteiger partial charge is 0.142 e. The van der Waals surface area contributed by atoms with E-state index in [1.807, 2.05) is 48.5 Å². The zero-order valence-corrected chi connectivity index (χ0v) is 12.1. The molecule has 3 heteroatoms. The van der Waals surface area contributed by atoms with Crippen LogP contribution in [0.25, 0.3) is 0 Å². The highest BCUT2D eigenvalue weighted by molar-refractivity contribution is 5.57. The van der Waals surface area contributed by atoms with Crippen molar-refractivity contribution in [3.63, 3.8) is 0 Å². The van der Waals surface area contributed by atoms with Gasteiger partial charge in [0, 0.05) is 12.2 Å². The molecule has 2 aromatic carbocycles. The monoisotopic (exact) mass is 270 g/mol. The van der Waals surface area contributed by atoms with Gasteiger partial charge in [0.05, 0.1) is 12.3 Å². The maximum atomic E-state index is 5.95. The number of benzene rings is 2. The number of hydrogen-bond donors (Lipinski definition) is 2. The van der Waals surface area contributed by atoms with Gasteiger partial charge in [-0.2, -0.15) is 0 Å². The van der Waals surface area contributed by atoms with Gasteiger partial charge < -0.3 is 15.8 Å². The molecule has 3 N–H and O–H groups in total. The number of ether oxygens (including phenoxy) is 1. The zero-order valence-electron chi connectivity index (χ0n) is 12.1. The lowest BCUT2D eigenvalue weighted by molar-refractivity contribution is 0.272. The first-order valence-corrected chi connectivity index (χ1v) is 6.96. The van der Waals surface area contributed by atoms with Crippen molar-refractivity contribution in [3.8, 4) is 5.75 Å². The van der Waals surface area contributed by atoms with Gasteiger partial charge in [0.1, 0.15) is 5.75 Å². The molecule has 0 heterocycles. The summed E-state index contributed by atoms with van der Waals surface area (Å²) in [5, 5.41) is 3.39. The van der Waals surface area contributed by atoms with Gasteiger partial charge in [0.15, 0.2) is 0 Å². The summed E-state index contributed by atoms with van der Waals surface area (Å²) in [5.41, 5.74) is 8.84. The van der Waals surface area contributed by atoms with E-state index in [0.717, 1.165) is 22.7 Å². The summed E-state index contributed by atoms with van der Waals surface area (Å²) in [6, 6.07) is 15.9. The summed E-state index contributed by atoms with van der Waals surface area (Å²) in [5.74, 6) is 1.39. The molecule has 0 aromatic heterocycles. The second-order valence-corrected chi connectivity index (χ2v) is 5.25. The first-order valence-electron chi connectivity index (χ1n) is 6.96. The fourth-order valence-electron chi connectivity index (χ4n) is 1.88. The van der Waals surface area contributed by atoms with E-state index < -0.39 is 0 Å². The van der Waals surface area contributed by atoms with Crippen LogP contribution < -0.4 is 15.8 Å². The van der Waals surface area contributed by atoms with Gasteiger partial charge in [-0.15, -0.1) is 0 Å². The fraction of sp³-hybridized carbons (Fsp3) is 0.294. The number of hydrogen-bond acceptors (Lipinski definition) is 3. The summed E-state index contributed by atoms with van der Waals surface area (Å²) in [7, 11) is 0. The van der Waals surface area contributed by atoms with Crippen LogP contribution in [0.5, 0.6) is 5.75 Å². The largest absolute Gasteiger partial charge is 0.491 e. The Morgan fingerprint density at radius 3 is 2.50 bits per heavy atom. The quantitative estimate of drug-likeness (QED) is 0.782. The maximum absolute atomic E-state index is 5.95. The SMILES string of the molecule is CC(C)COc1ccccc1NCc1ccccc1N. The standard InChI is InChI=1S/C17H22N2O/c1-13(2)12-20-17-10-6-5-9-16(17)19-11-14-7-3-4-8-15(14)18/h3-10,13,19H,11-12,18H2,1-2H3. The normalized spacial score (nSPS) is 10.6. The van der Waals surface area contributed by atoms with E-state index in [1.165, 1.54) is 0 Å². The van der Waals surface area contributed by atoms with Crippen LogP contribution in [-0.4, -0.2) is 6.61 Å². The number of nitrogens with one attached hydrogen (secondary N) is 1. The molecule has 0 unspecified atom stereocenters. The number of anilines is 2. The highest BCUT2D eigenvalue weighted by Gasteiger charge is 2.05. The van der Waals surface area contributed by atoms with Gasteiger partial charge in [-0.1, -0.05) is 44.2 Å². The lowest BCUT2D eigenvalue weighted by Crippen LogP contribution is -2.08. The number of rotatable bonds is 6. The molecule has 0 atom stereocenters. The van der Waals surface area contributed by atoms with E-state index in [4.69, 9.17) is 10.5 Å². The average Bonchev–Trinajstić information content (AvgIpc) is 2.45. The molecule has 106 valence electrons. The van der Waals surface area contributed by atoms with Crippen LogP contribution in [0.1, 0.15) is 19.4 Å². The zero-order chi connectivity index (χ0) is 14.4. The molecular formula is C17H22N2O. The second-order valence-electron chi connectivity index (χ2n) is 5.25. The number of para-hydroxylation sites is 3. The molecule has 0 amide bonds. The molecule has 0 fully saturated rings.